The summed E-state index contributed by atoms with van der Waals surface area (Å²) in [6.07, 6.45) is 3.88. The van der Waals surface area contributed by atoms with Gasteiger partial charge in [0.25, 0.3) is 0 Å². The van der Waals surface area contributed by atoms with Crippen LogP contribution in [0.1, 0.15) is 33.1 Å². The molecule has 0 spiro atoms. The molecule has 2 heteroatoms. The summed E-state index contributed by atoms with van der Waals surface area (Å²) in [6.45, 7) is 4.21. The van der Waals surface area contributed by atoms with E-state index in [9.17, 15) is 0 Å². The van der Waals surface area contributed by atoms with Gasteiger partial charge in [-0.2, -0.15) is 0 Å². The third-order valence-electron chi connectivity index (χ3n) is 1.25. The van der Waals surface area contributed by atoms with Crippen LogP contribution >= 0.6 is 12.2 Å². The van der Waals surface area contributed by atoms with Crippen molar-refractivity contribution >= 4 is 17.8 Å². The Bertz CT molecular complexity index is 73.3. The van der Waals surface area contributed by atoms with Crippen molar-refractivity contribution in [3.63, 3.8) is 0 Å². The second-order valence-corrected chi connectivity index (χ2v) is 2.38. The molecule has 0 heterocycles. The van der Waals surface area contributed by atoms with E-state index in [0.717, 1.165) is 6.42 Å². The maximum absolute atomic E-state index is 5.03. The van der Waals surface area contributed by atoms with Crippen molar-refractivity contribution < 1.29 is 4.74 Å². The summed E-state index contributed by atoms with van der Waals surface area (Å²) < 4.78 is 5.03. The van der Waals surface area contributed by atoms with Crippen molar-refractivity contribution in [1.29, 1.82) is 0 Å². The first-order valence-electron chi connectivity index (χ1n) is 3.40. The molecule has 0 aromatic carbocycles. The fourth-order valence-electron chi connectivity index (χ4n) is 0.654. The largest absolute Gasteiger partial charge is 0.487 e. The summed E-state index contributed by atoms with van der Waals surface area (Å²) in [6, 6.07) is 0. The summed E-state index contributed by atoms with van der Waals surface area (Å²) in [5, 5.41) is 0. The summed E-state index contributed by atoms with van der Waals surface area (Å²) in [4.78, 5) is 0. The van der Waals surface area contributed by atoms with E-state index < -0.39 is 0 Å². The molecule has 54 valence electrons. The van der Waals surface area contributed by atoms with Crippen molar-refractivity contribution in [2.45, 2.75) is 39.2 Å². The van der Waals surface area contributed by atoms with Gasteiger partial charge in [-0.1, -0.05) is 19.8 Å². The zero-order valence-electron chi connectivity index (χ0n) is 6.09. The second kappa shape index (κ2) is 6.02. The maximum atomic E-state index is 5.03. The molecular weight excluding hydrogens is 132 g/mol. The molecule has 0 amide bonds. The van der Waals surface area contributed by atoms with Gasteiger partial charge < -0.3 is 4.74 Å². The van der Waals surface area contributed by atoms with Gasteiger partial charge in [-0.15, -0.1) is 0 Å². The Morgan fingerprint density at radius 3 is 2.78 bits per heavy atom. The van der Waals surface area contributed by atoms with Crippen LogP contribution in [0.2, 0.25) is 0 Å². The number of rotatable bonds is 5. The summed E-state index contributed by atoms with van der Waals surface area (Å²) >= 11 is 4.53. The molecule has 0 bridgehead atoms. The lowest BCUT2D eigenvalue weighted by molar-refractivity contribution is 0.210. The molecule has 0 aromatic rings. The van der Waals surface area contributed by atoms with Crippen LogP contribution in [0.3, 0.4) is 0 Å². The normalized spacial score (nSPS) is 12.7. The van der Waals surface area contributed by atoms with Crippen LogP contribution in [0.15, 0.2) is 0 Å². The smallest absolute Gasteiger partial charge is 0.146 e. The molecule has 0 aliphatic heterocycles. The number of hydrogen-bond donors (Lipinski definition) is 0. The molecule has 0 radical (unpaired) electrons. The fourth-order valence-corrected chi connectivity index (χ4v) is 0.844. The first kappa shape index (κ1) is 8.89. The molecule has 0 aliphatic carbocycles. The number of hydrogen-bond acceptors (Lipinski definition) is 2. The zero-order valence-corrected chi connectivity index (χ0v) is 6.91. The van der Waals surface area contributed by atoms with Crippen molar-refractivity contribution in [2.75, 3.05) is 0 Å². The molecular formula is C7H14OS. The topological polar surface area (TPSA) is 9.23 Å². The van der Waals surface area contributed by atoms with Gasteiger partial charge in [0.15, 0.2) is 0 Å². The monoisotopic (exact) mass is 146 g/mol. The van der Waals surface area contributed by atoms with Crippen LogP contribution in [0.25, 0.3) is 0 Å². The van der Waals surface area contributed by atoms with Gasteiger partial charge >= 0.3 is 0 Å². The van der Waals surface area contributed by atoms with Crippen LogP contribution in [0, 0.1) is 0 Å². The minimum Gasteiger partial charge on any atom is -0.487 e. The number of unbranched alkanes of at least 4 members (excludes halogenated alkanes) is 1. The first-order chi connectivity index (χ1) is 4.31. The lowest BCUT2D eigenvalue weighted by Crippen LogP contribution is -2.04. The SMILES string of the molecule is CCCCC(C)OC=S. The number of thiocarbonyl (C=S) groups is 1. The maximum Gasteiger partial charge on any atom is 0.146 e. The zero-order chi connectivity index (χ0) is 7.11. The molecule has 0 aromatic heterocycles. The average molecular weight is 146 g/mol. The molecule has 0 N–H and O–H groups in total. The van der Waals surface area contributed by atoms with Crippen LogP contribution in [-0.4, -0.2) is 11.7 Å². The van der Waals surface area contributed by atoms with E-state index in [2.05, 4.69) is 19.1 Å². The van der Waals surface area contributed by atoms with E-state index >= 15 is 0 Å². The van der Waals surface area contributed by atoms with Gasteiger partial charge in [0.05, 0.1) is 6.10 Å². The van der Waals surface area contributed by atoms with E-state index in [4.69, 9.17) is 4.74 Å². The Morgan fingerprint density at radius 1 is 1.67 bits per heavy atom. The minimum atomic E-state index is 0.308. The lowest BCUT2D eigenvalue weighted by atomic mass is 10.2. The highest BCUT2D eigenvalue weighted by molar-refractivity contribution is 7.78. The van der Waals surface area contributed by atoms with Gasteiger partial charge in [0.1, 0.15) is 5.55 Å². The lowest BCUT2D eigenvalue weighted by Gasteiger charge is -2.07. The highest BCUT2D eigenvalue weighted by Gasteiger charge is 1.96. The third-order valence-corrected chi connectivity index (χ3v) is 1.36. The minimum absolute atomic E-state index is 0.308. The van der Waals surface area contributed by atoms with E-state index in [1.54, 1.807) is 0 Å². The molecule has 0 fully saturated rings. The Labute approximate surface area is 62.4 Å². The molecule has 1 nitrogen and oxygen atoms in total. The van der Waals surface area contributed by atoms with Crippen LogP contribution in [0.4, 0.5) is 0 Å². The van der Waals surface area contributed by atoms with Gasteiger partial charge in [0, 0.05) is 0 Å². The molecule has 0 aliphatic rings. The first-order valence-corrected chi connectivity index (χ1v) is 3.87. The molecule has 0 rings (SSSR count). The molecule has 0 saturated carbocycles. The highest BCUT2D eigenvalue weighted by atomic mass is 32.1. The van der Waals surface area contributed by atoms with E-state index in [1.807, 2.05) is 6.92 Å². The summed E-state index contributed by atoms with van der Waals surface area (Å²) in [7, 11) is 0. The predicted octanol–water partition coefficient (Wildman–Crippen LogP) is 2.54. The Hall–Kier alpha value is -0.110. The molecule has 0 saturated heterocycles. The third kappa shape index (κ3) is 5.77. The molecule has 1 unspecified atom stereocenters. The number of ether oxygens (including phenoxy) is 1. The van der Waals surface area contributed by atoms with Crippen LogP contribution in [-0.2, 0) is 4.74 Å². The van der Waals surface area contributed by atoms with Gasteiger partial charge in [-0.3, -0.25) is 0 Å². The Balaban J connectivity index is 3.04. The van der Waals surface area contributed by atoms with Crippen LogP contribution < -0.4 is 0 Å². The average Bonchev–Trinajstić information content (AvgIpc) is 1.85. The van der Waals surface area contributed by atoms with Crippen LogP contribution in [0.5, 0.6) is 0 Å². The van der Waals surface area contributed by atoms with Crippen molar-refractivity contribution in [1.82, 2.24) is 0 Å². The standard InChI is InChI=1S/C7H14OS/c1-3-4-5-7(2)8-6-9/h6-7H,3-5H2,1-2H3. The van der Waals surface area contributed by atoms with Crippen molar-refractivity contribution in [2.24, 2.45) is 0 Å². The van der Waals surface area contributed by atoms with Gasteiger partial charge in [0.2, 0.25) is 0 Å². The second-order valence-electron chi connectivity index (χ2n) is 2.19. The molecule has 1 atom stereocenters. The Kier molecular flexibility index (Phi) is 5.94. The Morgan fingerprint density at radius 2 is 2.33 bits per heavy atom. The van der Waals surface area contributed by atoms with Crippen molar-refractivity contribution in [3.05, 3.63) is 0 Å². The van der Waals surface area contributed by atoms with E-state index in [-0.39, 0.29) is 0 Å². The van der Waals surface area contributed by atoms with E-state index in [0.29, 0.717) is 6.10 Å². The molecule has 9 heavy (non-hydrogen) atoms. The van der Waals surface area contributed by atoms with E-state index in [1.165, 1.54) is 18.4 Å². The highest BCUT2D eigenvalue weighted by Crippen LogP contribution is 2.01. The fraction of sp³-hybridized carbons (Fsp3) is 0.857. The van der Waals surface area contributed by atoms with Gasteiger partial charge in [-0.25, -0.2) is 0 Å². The predicted molar refractivity (Wildman–Crippen MR) is 43.7 cm³/mol. The van der Waals surface area contributed by atoms with Crippen molar-refractivity contribution in [3.8, 4) is 0 Å². The summed E-state index contributed by atoms with van der Waals surface area (Å²) in [5.74, 6) is 0. The van der Waals surface area contributed by atoms with Gasteiger partial charge in [-0.05, 0) is 25.6 Å². The summed E-state index contributed by atoms with van der Waals surface area (Å²) in [5.41, 5.74) is 1.35. The quantitative estimate of drug-likeness (QED) is 0.551.